The number of nitrogen functional groups attached to an aromatic ring is 1. The average molecular weight is 291 g/mol. The van der Waals surface area contributed by atoms with Crippen LogP contribution in [0.4, 0.5) is 11.4 Å². The number of hydrogen-bond acceptors (Lipinski definition) is 5. The number of ether oxygens (including phenoxy) is 1. The predicted molar refractivity (Wildman–Crippen MR) is 85.7 cm³/mol. The Morgan fingerprint density at radius 3 is 2.57 bits per heavy atom. The van der Waals surface area contributed by atoms with E-state index in [1.54, 1.807) is 6.07 Å². The van der Waals surface area contributed by atoms with E-state index in [-0.39, 0.29) is 5.97 Å². The molecule has 1 unspecified atom stereocenters. The zero-order valence-corrected chi connectivity index (χ0v) is 13.1. The summed E-state index contributed by atoms with van der Waals surface area (Å²) in [7, 11) is 1.37. The number of rotatable bonds is 4. The standard InChI is InChI=1S/C16H25N3O2/c1-4-12(2)18-8-10-19(11-9-18)14-7-5-6-13(15(14)17)16(20)21-3/h5-7,12H,4,8-11,17H2,1-3H3. The molecule has 1 heterocycles. The summed E-state index contributed by atoms with van der Waals surface area (Å²) < 4.78 is 4.78. The minimum atomic E-state index is -0.382. The highest BCUT2D eigenvalue weighted by Gasteiger charge is 2.23. The Balaban J connectivity index is 2.12. The number of piperazine rings is 1. The van der Waals surface area contributed by atoms with E-state index >= 15 is 0 Å². The van der Waals surface area contributed by atoms with Crippen molar-refractivity contribution in [2.24, 2.45) is 0 Å². The first-order chi connectivity index (χ1) is 10.1. The van der Waals surface area contributed by atoms with Crippen LogP contribution in [-0.4, -0.2) is 50.2 Å². The van der Waals surface area contributed by atoms with Crippen molar-refractivity contribution in [3.05, 3.63) is 23.8 Å². The molecule has 0 radical (unpaired) electrons. The second-order valence-electron chi connectivity index (χ2n) is 5.51. The predicted octanol–water partition coefficient (Wildman–Crippen LogP) is 1.98. The average Bonchev–Trinajstić information content (AvgIpc) is 2.54. The molecular weight excluding hydrogens is 266 g/mol. The van der Waals surface area contributed by atoms with Crippen molar-refractivity contribution in [1.82, 2.24) is 4.90 Å². The van der Waals surface area contributed by atoms with Crippen molar-refractivity contribution < 1.29 is 9.53 Å². The third-order valence-electron chi connectivity index (χ3n) is 4.36. The van der Waals surface area contributed by atoms with Gasteiger partial charge in [0.1, 0.15) is 0 Å². The van der Waals surface area contributed by atoms with Crippen molar-refractivity contribution >= 4 is 17.3 Å². The molecule has 1 aliphatic rings. The van der Waals surface area contributed by atoms with Gasteiger partial charge < -0.3 is 15.4 Å². The number of anilines is 2. The molecule has 0 aromatic heterocycles. The topological polar surface area (TPSA) is 58.8 Å². The van der Waals surface area contributed by atoms with Crippen molar-refractivity contribution in [2.45, 2.75) is 26.3 Å². The number of nitrogens with zero attached hydrogens (tertiary/aromatic N) is 2. The Kier molecular flexibility index (Phi) is 5.07. The second kappa shape index (κ2) is 6.80. The van der Waals surface area contributed by atoms with Crippen LogP contribution >= 0.6 is 0 Å². The molecule has 116 valence electrons. The summed E-state index contributed by atoms with van der Waals surface area (Å²) in [6.45, 7) is 8.39. The highest BCUT2D eigenvalue weighted by atomic mass is 16.5. The van der Waals surface area contributed by atoms with E-state index in [4.69, 9.17) is 10.5 Å². The third-order valence-corrected chi connectivity index (χ3v) is 4.36. The van der Waals surface area contributed by atoms with E-state index in [2.05, 4.69) is 23.6 Å². The van der Waals surface area contributed by atoms with Crippen LogP contribution in [0.25, 0.3) is 0 Å². The molecule has 1 aromatic rings. The largest absolute Gasteiger partial charge is 0.465 e. The summed E-state index contributed by atoms with van der Waals surface area (Å²) >= 11 is 0. The molecule has 0 spiro atoms. The fourth-order valence-electron chi connectivity index (χ4n) is 2.78. The normalized spacial score (nSPS) is 17.6. The number of carbonyl (C=O) groups is 1. The lowest BCUT2D eigenvalue weighted by Gasteiger charge is -2.39. The van der Waals surface area contributed by atoms with Gasteiger partial charge in [0.15, 0.2) is 0 Å². The van der Waals surface area contributed by atoms with Gasteiger partial charge in [0, 0.05) is 32.2 Å². The van der Waals surface area contributed by atoms with Gasteiger partial charge in [-0.3, -0.25) is 4.90 Å². The Hall–Kier alpha value is -1.75. The first kappa shape index (κ1) is 15.6. The molecule has 5 nitrogen and oxygen atoms in total. The summed E-state index contributed by atoms with van der Waals surface area (Å²) in [5.74, 6) is -0.382. The molecule has 2 N–H and O–H groups in total. The van der Waals surface area contributed by atoms with Crippen LogP contribution in [0.2, 0.25) is 0 Å². The number of hydrogen-bond donors (Lipinski definition) is 1. The lowest BCUT2D eigenvalue weighted by Crippen LogP contribution is -2.49. The molecule has 0 amide bonds. The highest BCUT2D eigenvalue weighted by molar-refractivity contribution is 5.98. The first-order valence-electron chi connectivity index (χ1n) is 7.54. The lowest BCUT2D eigenvalue weighted by molar-refractivity contribution is 0.0602. The fraction of sp³-hybridized carbons (Fsp3) is 0.562. The maximum atomic E-state index is 11.7. The van der Waals surface area contributed by atoms with Gasteiger partial charge in [-0.15, -0.1) is 0 Å². The van der Waals surface area contributed by atoms with Crippen molar-refractivity contribution in [2.75, 3.05) is 43.9 Å². The Morgan fingerprint density at radius 1 is 1.33 bits per heavy atom. The molecule has 1 aliphatic heterocycles. The van der Waals surface area contributed by atoms with Crippen LogP contribution in [0.15, 0.2) is 18.2 Å². The maximum absolute atomic E-state index is 11.7. The van der Waals surface area contributed by atoms with Crippen LogP contribution in [0, 0.1) is 0 Å². The van der Waals surface area contributed by atoms with Crippen molar-refractivity contribution in [3.8, 4) is 0 Å². The molecule has 0 aliphatic carbocycles. The van der Waals surface area contributed by atoms with Crippen LogP contribution in [0.3, 0.4) is 0 Å². The maximum Gasteiger partial charge on any atom is 0.340 e. The zero-order chi connectivity index (χ0) is 15.4. The minimum Gasteiger partial charge on any atom is -0.465 e. The van der Waals surface area contributed by atoms with Crippen LogP contribution in [0.1, 0.15) is 30.6 Å². The van der Waals surface area contributed by atoms with Crippen LogP contribution in [-0.2, 0) is 4.74 Å². The third kappa shape index (κ3) is 3.29. The summed E-state index contributed by atoms with van der Waals surface area (Å²) in [4.78, 5) is 16.5. The summed E-state index contributed by atoms with van der Waals surface area (Å²) in [5.41, 5.74) is 8.05. The molecular formula is C16H25N3O2. The first-order valence-corrected chi connectivity index (χ1v) is 7.54. The van der Waals surface area contributed by atoms with E-state index in [0.717, 1.165) is 31.9 Å². The van der Waals surface area contributed by atoms with Gasteiger partial charge in [0.05, 0.1) is 24.0 Å². The number of esters is 1. The van der Waals surface area contributed by atoms with E-state index in [1.807, 2.05) is 12.1 Å². The number of nitrogens with two attached hydrogens (primary N) is 1. The molecule has 0 saturated carbocycles. The minimum absolute atomic E-state index is 0.382. The zero-order valence-electron chi connectivity index (χ0n) is 13.1. The Bertz CT molecular complexity index is 496. The van der Waals surface area contributed by atoms with Gasteiger partial charge in [-0.25, -0.2) is 4.79 Å². The summed E-state index contributed by atoms with van der Waals surface area (Å²) in [6.07, 6.45) is 1.17. The molecule has 1 aromatic carbocycles. The van der Waals surface area contributed by atoms with Gasteiger partial charge in [-0.1, -0.05) is 13.0 Å². The Labute approximate surface area is 126 Å². The van der Waals surface area contributed by atoms with Gasteiger partial charge in [0.2, 0.25) is 0 Å². The van der Waals surface area contributed by atoms with E-state index in [9.17, 15) is 4.79 Å². The molecule has 1 atom stereocenters. The number of para-hydroxylation sites is 1. The molecule has 5 heteroatoms. The van der Waals surface area contributed by atoms with Gasteiger partial charge in [-0.2, -0.15) is 0 Å². The van der Waals surface area contributed by atoms with Gasteiger partial charge >= 0.3 is 5.97 Å². The number of carbonyl (C=O) groups excluding carboxylic acids is 1. The smallest absolute Gasteiger partial charge is 0.340 e. The van der Waals surface area contributed by atoms with E-state index in [0.29, 0.717) is 17.3 Å². The Morgan fingerprint density at radius 2 is 2.00 bits per heavy atom. The molecule has 1 fully saturated rings. The number of methoxy groups -OCH3 is 1. The van der Waals surface area contributed by atoms with E-state index in [1.165, 1.54) is 13.5 Å². The lowest BCUT2D eigenvalue weighted by atomic mass is 10.1. The summed E-state index contributed by atoms with van der Waals surface area (Å²) in [5, 5.41) is 0. The fourth-order valence-corrected chi connectivity index (χ4v) is 2.78. The SMILES string of the molecule is CCC(C)N1CCN(c2cccc(C(=O)OC)c2N)CC1. The van der Waals surface area contributed by atoms with Gasteiger partial charge in [0.25, 0.3) is 0 Å². The van der Waals surface area contributed by atoms with E-state index < -0.39 is 0 Å². The molecule has 21 heavy (non-hydrogen) atoms. The van der Waals surface area contributed by atoms with Crippen LogP contribution < -0.4 is 10.6 Å². The number of benzene rings is 1. The van der Waals surface area contributed by atoms with Crippen LogP contribution in [0.5, 0.6) is 0 Å². The molecule has 0 bridgehead atoms. The molecule has 2 rings (SSSR count). The highest BCUT2D eigenvalue weighted by Crippen LogP contribution is 2.28. The van der Waals surface area contributed by atoms with Crippen molar-refractivity contribution in [1.29, 1.82) is 0 Å². The monoisotopic (exact) mass is 291 g/mol. The van der Waals surface area contributed by atoms with Crippen molar-refractivity contribution in [3.63, 3.8) is 0 Å². The summed E-state index contributed by atoms with van der Waals surface area (Å²) in [6, 6.07) is 6.16. The van der Waals surface area contributed by atoms with Gasteiger partial charge in [-0.05, 0) is 25.5 Å². The second-order valence-corrected chi connectivity index (χ2v) is 5.51. The molecule has 1 saturated heterocycles. The quantitative estimate of drug-likeness (QED) is 0.679.